The number of nitrogens with one attached hydrogen (secondary N) is 3. The van der Waals surface area contributed by atoms with E-state index in [9.17, 15) is 28.8 Å². The molecule has 12 nitrogen and oxygen atoms in total. The predicted molar refractivity (Wildman–Crippen MR) is 158 cm³/mol. The van der Waals surface area contributed by atoms with Gasteiger partial charge in [-0.05, 0) is 36.2 Å². The quantitative estimate of drug-likeness (QED) is 0.210. The van der Waals surface area contributed by atoms with E-state index in [1.807, 2.05) is 30.3 Å². The van der Waals surface area contributed by atoms with Crippen molar-refractivity contribution < 1.29 is 33.5 Å². The summed E-state index contributed by atoms with van der Waals surface area (Å²) >= 11 is 0. The smallest absolute Gasteiger partial charge is 0.325 e. The molecule has 3 aliphatic rings. The summed E-state index contributed by atoms with van der Waals surface area (Å²) in [7, 11) is 0. The highest BCUT2D eigenvalue weighted by Gasteiger charge is 2.43. The first-order valence-corrected chi connectivity index (χ1v) is 15.0. The van der Waals surface area contributed by atoms with Gasteiger partial charge in [0, 0.05) is 6.54 Å². The van der Waals surface area contributed by atoms with Gasteiger partial charge in [-0.25, -0.2) is 4.79 Å². The number of benzene rings is 1. The molecule has 2 aliphatic carbocycles. The van der Waals surface area contributed by atoms with Gasteiger partial charge in [-0.15, -0.1) is 0 Å². The van der Waals surface area contributed by atoms with Gasteiger partial charge in [0.15, 0.2) is 0 Å². The van der Waals surface area contributed by atoms with Crippen molar-refractivity contribution in [1.29, 1.82) is 0 Å². The SMILES string of the molecule is C1CC1.CC(C)(C)C(NC(=O)NCC(=O)OCc1ccccc1)C(=O)N1CCCC1C(=O)NC(CC1CC1)C(=O)C(N)=O. The molecule has 0 bridgehead atoms. The maximum absolute atomic E-state index is 13.6. The zero-order valence-electron chi connectivity index (χ0n) is 25.4. The van der Waals surface area contributed by atoms with Gasteiger partial charge in [-0.1, -0.05) is 83.2 Å². The van der Waals surface area contributed by atoms with E-state index in [0.717, 1.165) is 18.4 Å². The lowest BCUT2D eigenvalue weighted by molar-refractivity contribution is -0.143. The lowest BCUT2D eigenvalue weighted by Gasteiger charge is -2.35. The number of hydrogen-bond acceptors (Lipinski definition) is 7. The highest BCUT2D eigenvalue weighted by Crippen LogP contribution is 2.34. The Bertz CT molecular complexity index is 1160. The molecule has 1 aromatic carbocycles. The second kappa shape index (κ2) is 15.5. The Morgan fingerprint density at radius 2 is 1.60 bits per heavy atom. The standard InChI is InChI=1S/C28H39N5O7.C3H6/c1-28(2,3)23(32-27(39)30-15-21(34)40-16-18-8-5-4-6-9-18)26(38)33-13-7-10-20(33)25(37)31-19(14-17-11-12-17)22(35)24(29)36;1-2-3-1/h4-6,8-9,17,19-20,23H,7,10-16H2,1-3H3,(H2,29,36)(H,31,37)(H2,30,32,39);1-3H2. The number of carbonyl (C=O) groups excluding carboxylic acids is 6. The normalized spacial score (nSPS) is 18.7. The number of carbonyl (C=O) groups is 6. The van der Waals surface area contributed by atoms with Gasteiger partial charge in [-0.2, -0.15) is 0 Å². The number of hydrogen-bond donors (Lipinski definition) is 4. The number of ketones is 1. The van der Waals surface area contributed by atoms with Crippen LogP contribution in [0.4, 0.5) is 4.79 Å². The number of urea groups is 1. The van der Waals surface area contributed by atoms with Gasteiger partial charge in [-0.3, -0.25) is 24.0 Å². The Balaban J connectivity index is 0.00000158. The number of nitrogens with two attached hydrogens (primary N) is 1. The summed E-state index contributed by atoms with van der Waals surface area (Å²) in [5.74, 6) is -3.36. The molecule has 1 saturated heterocycles. The van der Waals surface area contributed by atoms with Crippen LogP contribution in [0.1, 0.15) is 77.7 Å². The minimum Gasteiger partial charge on any atom is -0.460 e. The minimum absolute atomic E-state index is 0.0665. The van der Waals surface area contributed by atoms with E-state index >= 15 is 0 Å². The maximum Gasteiger partial charge on any atom is 0.325 e. The third kappa shape index (κ3) is 11.3. The highest BCUT2D eigenvalue weighted by atomic mass is 16.5. The fourth-order valence-electron chi connectivity index (χ4n) is 4.60. The van der Waals surface area contributed by atoms with Crippen molar-refractivity contribution in [3.05, 3.63) is 35.9 Å². The Labute approximate surface area is 252 Å². The second-order valence-corrected chi connectivity index (χ2v) is 12.5. The molecule has 0 aromatic heterocycles. The van der Waals surface area contributed by atoms with Gasteiger partial charge < -0.3 is 31.3 Å². The fourth-order valence-corrected chi connectivity index (χ4v) is 4.60. The molecule has 1 aromatic rings. The van der Waals surface area contributed by atoms with Crippen LogP contribution in [0.15, 0.2) is 30.3 Å². The molecule has 2 saturated carbocycles. The average Bonchev–Trinajstić information content (AvgIpc) is 3.92. The summed E-state index contributed by atoms with van der Waals surface area (Å²) in [6, 6.07) is 5.45. The molecule has 5 N–H and O–H groups in total. The summed E-state index contributed by atoms with van der Waals surface area (Å²) in [5, 5.41) is 7.69. The van der Waals surface area contributed by atoms with Crippen LogP contribution in [-0.2, 0) is 35.3 Å². The summed E-state index contributed by atoms with van der Waals surface area (Å²) in [6.07, 6.45) is 7.58. The van der Waals surface area contributed by atoms with E-state index in [0.29, 0.717) is 19.3 Å². The maximum atomic E-state index is 13.6. The Hall–Kier alpha value is -3.96. The van der Waals surface area contributed by atoms with Crippen molar-refractivity contribution in [1.82, 2.24) is 20.9 Å². The van der Waals surface area contributed by atoms with E-state index in [2.05, 4.69) is 16.0 Å². The minimum atomic E-state index is -1.11. The highest BCUT2D eigenvalue weighted by molar-refractivity contribution is 6.37. The third-order valence-electron chi connectivity index (χ3n) is 7.36. The Morgan fingerprint density at radius 1 is 0.953 bits per heavy atom. The van der Waals surface area contributed by atoms with Crippen molar-refractivity contribution in [2.75, 3.05) is 13.1 Å². The van der Waals surface area contributed by atoms with Crippen molar-refractivity contribution >= 4 is 35.5 Å². The lowest BCUT2D eigenvalue weighted by atomic mass is 9.85. The molecule has 12 heteroatoms. The summed E-state index contributed by atoms with van der Waals surface area (Å²) in [5.41, 5.74) is 5.25. The molecule has 236 valence electrons. The molecule has 43 heavy (non-hydrogen) atoms. The van der Waals surface area contributed by atoms with Gasteiger partial charge >= 0.3 is 12.0 Å². The van der Waals surface area contributed by atoms with E-state index in [4.69, 9.17) is 10.5 Å². The zero-order valence-corrected chi connectivity index (χ0v) is 25.4. The first-order valence-electron chi connectivity index (χ1n) is 15.0. The molecule has 1 heterocycles. The van der Waals surface area contributed by atoms with Crippen molar-refractivity contribution in [3.63, 3.8) is 0 Å². The van der Waals surface area contributed by atoms with Crippen LogP contribution >= 0.6 is 0 Å². The van der Waals surface area contributed by atoms with Crippen LogP contribution < -0.4 is 21.7 Å². The van der Waals surface area contributed by atoms with Crippen LogP contribution in [0.3, 0.4) is 0 Å². The van der Waals surface area contributed by atoms with Gasteiger partial charge in [0.2, 0.25) is 17.6 Å². The molecule has 5 amide bonds. The number of esters is 1. The number of ether oxygens (including phenoxy) is 1. The van der Waals surface area contributed by atoms with Crippen LogP contribution in [-0.4, -0.2) is 71.6 Å². The molecule has 1 aliphatic heterocycles. The van der Waals surface area contributed by atoms with Crippen LogP contribution in [0.5, 0.6) is 0 Å². The van der Waals surface area contributed by atoms with Crippen molar-refractivity contribution in [3.8, 4) is 0 Å². The van der Waals surface area contributed by atoms with E-state index < -0.39 is 65.6 Å². The topological polar surface area (TPSA) is 177 Å². The second-order valence-electron chi connectivity index (χ2n) is 12.5. The number of amides is 5. The molecule has 0 spiro atoms. The summed E-state index contributed by atoms with van der Waals surface area (Å²) in [6.45, 7) is 5.27. The summed E-state index contributed by atoms with van der Waals surface area (Å²) in [4.78, 5) is 76.7. The van der Waals surface area contributed by atoms with E-state index in [1.165, 1.54) is 24.2 Å². The number of likely N-dealkylation sites (tertiary alicyclic amines) is 1. The number of rotatable bonds is 12. The molecular formula is C31H45N5O7. The van der Waals surface area contributed by atoms with Crippen molar-refractivity contribution in [2.45, 2.75) is 96.9 Å². The average molecular weight is 600 g/mol. The summed E-state index contributed by atoms with van der Waals surface area (Å²) < 4.78 is 5.16. The third-order valence-corrected chi connectivity index (χ3v) is 7.36. The molecule has 3 atom stereocenters. The molecule has 0 radical (unpaired) electrons. The van der Waals surface area contributed by atoms with Crippen LogP contribution in [0.25, 0.3) is 0 Å². The molecule has 3 unspecified atom stereocenters. The van der Waals surface area contributed by atoms with Crippen LogP contribution in [0, 0.1) is 11.3 Å². The van der Waals surface area contributed by atoms with Gasteiger partial charge in [0.05, 0.1) is 6.04 Å². The molecular weight excluding hydrogens is 554 g/mol. The predicted octanol–water partition coefficient (Wildman–Crippen LogP) is 1.94. The number of primary amides is 1. The monoisotopic (exact) mass is 599 g/mol. The van der Waals surface area contributed by atoms with Crippen LogP contribution in [0.2, 0.25) is 0 Å². The largest absolute Gasteiger partial charge is 0.460 e. The molecule has 3 fully saturated rings. The van der Waals surface area contributed by atoms with E-state index in [-0.39, 0.29) is 19.1 Å². The Morgan fingerprint density at radius 3 is 2.16 bits per heavy atom. The molecule has 4 rings (SSSR count). The fraction of sp³-hybridized carbons (Fsp3) is 0.613. The first kappa shape index (κ1) is 33.5. The zero-order chi connectivity index (χ0) is 31.6. The van der Waals surface area contributed by atoms with Crippen molar-refractivity contribution in [2.24, 2.45) is 17.1 Å². The lowest BCUT2D eigenvalue weighted by Crippen LogP contribution is -2.60. The van der Waals surface area contributed by atoms with Gasteiger partial charge in [0.1, 0.15) is 25.2 Å². The van der Waals surface area contributed by atoms with E-state index in [1.54, 1.807) is 20.8 Å². The van der Waals surface area contributed by atoms with Gasteiger partial charge in [0.25, 0.3) is 5.91 Å². The first-order chi connectivity index (χ1) is 20.4. The number of nitrogens with zero attached hydrogens (tertiary/aromatic N) is 1. The number of Topliss-reactive ketones (excluding diaryl/α,β-unsaturated/α-hetero) is 1. The Kier molecular flexibility index (Phi) is 12.1.